The van der Waals surface area contributed by atoms with Crippen LogP contribution in [0.15, 0.2) is 40.9 Å². The van der Waals surface area contributed by atoms with Crippen molar-refractivity contribution < 1.29 is 9.53 Å². The molecular weight excluding hydrogens is 398 g/mol. The van der Waals surface area contributed by atoms with Gasteiger partial charge in [-0.3, -0.25) is 4.79 Å². The summed E-state index contributed by atoms with van der Waals surface area (Å²) >= 11 is 5.10. The highest BCUT2D eigenvalue weighted by atomic mass is 79.9. The van der Waals surface area contributed by atoms with Crippen molar-refractivity contribution in [3.8, 4) is 5.75 Å². The van der Waals surface area contributed by atoms with E-state index in [0.29, 0.717) is 5.75 Å². The molecule has 0 aliphatic carbocycles. The first kappa shape index (κ1) is 19.9. The van der Waals surface area contributed by atoms with Crippen molar-refractivity contribution in [3.63, 3.8) is 0 Å². The van der Waals surface area contributed by atoms with Crippen LogP contribution in [0.3, 0.4) is 0 Å². The van der Waals surface area contributed by atoms with E-state index >= 15 is 0 Å². The van der Waals surface area contributed by atoms with E-state index in [1.54, 1.807) is 18.9 Å². The van der Waals surface area contributed by atoms with Crippen molar-refractivity contribution in [2.24, 2.45) is 0 Å². The zero-order chi connectivity index (χ0) is 18.2. The molecule has 5 heteroatoms. The fourth-order valence-corrected chi connectivity index (χ4v) is 4.00. The summed E-state index contributed by atoms with van der Waals surface area (Å²) in [7, 11) is 1.65. The average molecular weight is 422 g/mol. The summed E-state index contributed by atoms with van der Waals surface area (Å²) in [6, 6.07) is 12.2. The van der Waals surface area contributed by atoms with Crippen molar-refractivity contribution >= 4 is 39.3 Å². The Bertz CT molecular complexity index is 711. The summed E-state index contributed by atoms with van der Waals surface area (Å²) in [5.41, 5.74) is 4.53. The number of ether oxygens (including phenoxy) is 1. The van der Waals surface area contributed by atoms with E-state index < -0.39 is 0 Å². The number of methoxy groups -OCH3 is 1. The lowest BCUT2D eigenvalue weighted by atomic mass is 10.0. The van der Waals surface area contributed by atoms with Crippen LogP contribution in [-0.4, -0.2) is 18.8 Å². The topological polar surface area (TPSA) is 38.3 Å². The predicted molar refractivity (Wildman–Crippen MR) is 111 cm³/mol. The van der Waals surface area contributed by atoms with Gasteiger partial charge in [0.05, 0.1) is 17.3 Å². The fourth-order valence-electron chi connectivity index (χ4n) is 2.64. The number of carbonyl (C=O) groups excluding carboxylic acids is 1. The maximum atomic E-state index is 12.3. The van der Waals surface area contributed by atoms with E-state index in [0.717, 1.165) is 40.1 Å². The van der Waals surface area contributed by atoms with Crippen LogP contribution in [0, 0.1) is 0 Å². The first-order valence-corrected chi connectivity index (χ1v) is 10.3. The largest absolute Gasteiger partial charge is 0.496 e. The molecule has 0 aromatic heterocycles. The summed E-state index contributed by atoms with van der Waals surface area (Å²) in [5.74, 6) is 2.08. The number of hydrogen-bond acceptors (Lipinski definition) is 3. The van der Waals surface area contributed by atoms with Gasteiger partial charge in [0.25, 0.3) is 0 Å². The van der Waals surface area contributed by atoms with E-state index in [9.17, 15) is 4.79 Å². The lowest BCUT2D eigenvalue weighted by molar-refractivity contribution is -0.113. The van der Waals surface area contributed by atoms with Crippen LogP contribution in [0.1, 0.15) is 30.5 Å². The van der Waals surface area contributed by atoms with E-state index in [-0.39, 0.29) is 5.91 Å². The molecule has 0 radical (unpaired) electrons. The standard InChI is InChI=1S/C20H24BrNO2S/c1-4-15-7-6-8-16(5-2)20(15)22-19(23)13-25-12-14-9-10-18(24-3)17(21)11-14/h6-11H,4-5,12-13H2,1-3H3,(H,22,23). The maximum Gasteiger partial charge on any atom is 0.234 e. The van der Waals surface area contributed by atoms with Crippen LogP contribution < -0.4 is 10.1 Å². The molecule has 2 rings (SSSR count). The first-order chi connectivity index (χ1) is 12.1. The van der Waals surface area contributed by atoms with Crippen molar-refractivity contribution in [2.75, 3.05) is 18.2 Å². The molecule has 3 nitrogen and oxygen atoms in total. The van der Waals surface area contributed by atoms with Gasteiger partial charge in [0.1, 0.15) is 5.75 Å². The minimum Gasteiger partial charge on any atom is -0.496 e. The summed E-state index contributed by atoms with van der Waals surface area (Å²) in [6.07, 6.45) is 1.83. The third kappa shape index (κ3) is 5.51. The van der Waals surface area contributed by atoms with Crippen LogP contribution in [0.5, 0.6) is 5.75 Å². The summed E-state index contributed by atoms with van der Waals surface area (Å²) in [4.78, 5) is 12.3. The molecular formula is C20H24BrNO2S. The van der Waals surface area contributed by atoms with Gasteiger partial charge in [-0.1, -0.05) is 38.1 Å². The number of nitrogens with one attached hydrogen (secondary N) is 1. The summed E-state index contributed by atoms with van der Waals surface area (Å²) in [6.45, 7) is 4.22. The van der Waals surface area contributed by atoms with Crippen molar-refractivity contribution in [1.29, 1.82) is 0 Å². The third-order valence-corrected chi connectivity index (χ3v) is 5.60. The maximum absolute atomic E-state index is 12.3. The van der Waals surface area contributed by atoms with Crippen LogP contribution in [0.25, 0.3) is 0 Å². The van der Waals surface area contributed by atoms with E-state index in [2.05, 4.69) is 53.3 Å². The molecule has 0 bridgehead atoms. The van der Waals surface area contributed by atoms with Crippen LogP contribution in [-0.2, 0) is 23.4 Å². The van der Waals surface area contributed by atoms with Crippen molar-refractivity contribution in [1.82, 2.24) is 0 Å². The van der Waals surface area contributed by atoms with Crippen molar-refractivity contribution in [3.05, 3.63) is 57.6 Å². The Morgan fingerprint density at radius 3 is 2.40 bits per heavy atom. The Hall–Kier alpha value is -1.46. The van der Waals surface area contributed by atoms with Crippen LogP contribution >= 0.6 is 27.7 Å². The number of amides is 1. The Balaban J connectivity index is 1.92. The Kier molecular flexibility index (Phi) is 7.85. The molecule has 0 fully saturated rings. The third-order valence-electron chi connectivity index (χ3n) is 3.98. The molecule has 0 aliphatic rings. The molecule has 0 atom stereocenters. The highest BCUT2D eigenvalue weighted by Gasteiger charge is 2.10. The smallest absolute Gasteiger partial charge is 0.234 e. The van der Waals surface area contributed by atoms with Crippen LogP contribution in [0.4, 0.5) is 5.69 Å². The zero-order valence-corrected chi connectivity index (χ0v) is 17.3. The number of hydrogen-bond donors (Lipinski definition) is 1. The van der Waals surface area contributed by atoms with Gasteiger partial charge >= 0.3 is 0 Å². The Labute approximate surface area is 162 Å². The van der Waals surface area contributed by atoms with Gasteiger partial charge < -0.3 is 10.1 Å². The number of aryl methyl sites for hydroxylation is 2. The molecule has 134 valence electrons. The molecule has 0 unspecified atom stereocenters. The molecule has 25 heavy (non-hydrogen) atoms. The monoisotopic (exact) mass is 421 g/mol. The normalized spacial score (nSPS) is 10.6. The molecule has 0 saturated heterocycles. The van der Waals surface area contributed by atoms with Crippen molar-refractivity contribution in [2.45, 2.75) is 32.4 Å². The minimum absolute atomic E-state index is 0.0492. The predicted octanol–water partition coefficient (Wildman–Crippen LogP) is 5.45. The molecule has 0 heterocycles. The lowest BCUT2D eigenvalue weighted by Crippen LogP contribution is -2.16. The van der Waals surface area contributed by atoms with Gasteiger partial charge in [-0.05, 0) is 57.6 Å². The Morgan fingerprint density at radius 1 is 1.16 bits per heavy atom. The molecule has 2 aromatic carbocycles. The number of halogens is 1. The Morgan fingerprint density at radius 2 is 1.84 bits per heavy atom. The van der Waals surface area contributed by atoms with Gasteiger partial charge in [0.15, 0.2) is 0 Å². The van der Waals surface area contributed by atoms with Gasteiger partial charge in [-0.15, -0.1) is 11.8 Å². The van der Waals surface area contributed by atoms with Gasteiger partial charge in [-0.25, -0.2) is 0 Å². The quantitative estimate of drug-likeness (QED) is 0.615. The molecule has 0 saturated carbocycles. The van der Waals surface area contributed by atoms with Gasteiger partial charge in [0, 0.05) is 11.4 Å². The zero-order valence-electron chi connectivity index (χ0n) is 14.9. The molecule has 2 aromatic rings. The highest BCUT2D eigenvalue weighted by molar-refractivity contribution is 9.10. The minimum atomic E-state index is 0.0492. The van der Waals surface area contributed by atoms with Gasteiger partial charge in [0.2, 0.25) is 5.91 Å². The number of carbonyl (C=O) groups is 1. The molecule has 0 spiro atoms. The van der Waals surface area contributed by atoms with Gasteiger partial charge in [-0.2, -0.15) is 0 Å². The number of rotatable bonds is 8. The SMILES string of the molecule is CCc1cccc(CC)c1NC(=O)CSCc1ccc(OC)c(Br)c1. The van der Waals surface area contributed by atoms with E-state index in [4.69, 9.17) is 4.74 Å². The average Bonchev–Trinajstić information content (AvgIpc) is 2.62. The second-order valence-electron chi connectivity index (χ2n) is 5.67. The summed E-state index contributed by atoms with van der Waals surface area (Å²) < 4.78 is 6.17. The molecule has 0 aliphatic heterocycles. The number of para-hydroxylation sites is 1. The second-order valence-corrected chi connectivity index (χ2v) is 7.51. The molecule has 1 N–H and O–H groups in total. The number of benzene rings is 2. The molecule has 1 amide bonds. The highest BCUT2D eigenvalue weighted by Crippen LogP contribution is 2.27. The van der Waals surface area contributed by atoms with Crippen LogP contribution in [0.2, 0.25) is 0 Å². The van der Waals surface area contributed by atoms with E-state index in [1.165, 1.54) is 11.1 Å². The fraction of sp³-hybridized carbons (Fsp3) is 0.350. The number of thioether (sulfide) groups is 1. The van der Waals surface area contributed by atoms with E-state index in [1.807, 2.05) is 18.2 Å². The first-order valence-electron chi connectivity index (χ1n) is 8.39. The number of anilines is 1. The lowest BCUT2D eigenvalue weighted by Gasteiger charge is -2.14. The second kappa shape index (κ2) is 9.88. The summed E-state index contributed by atoms with van der Waals surface area (Å²) in [5, 5.41) is 3.11.